The molecule has 0 radical (unpaired) electrons. The highest BCUT2D eigenvalue weighted by Crippen LogP contribution is 2.36. The molecule has 4 rings (SSSR count). The molecule has 44 heavy (non-hydrogen) atoms. The standard InChI is InChI=1S/C30H32F3N5O5S/c1-5-6-11-27-34-37(25-17-16-22(38(40)41)18-24(25)30(31,32)33)28(39)36(27)19-20-12-14-21(15-13-20)23-9-7-8-10-26(23)44(42,43)35-29(2,3)4/h7-10,12-18,35H,5-6,11,19H2,1-4H3. The van der Waals surface area contributed by atoms with Crippen LogP contribution in [0.2, 0.25) is 0 Å². The van der Waals surface area contributed by atoms with Gasteiger partial charge in [-0.05, 0) is 50.5 Å². The monoisotopic (exact) mass is 631 g/mol. The molecule has 0 fully saturated rings. The molecule has 0 saturated carbocycles. The molecule has 1 heterocycles. The normalized spacial score (nSPS) is 12.4. The Morgan fingerprint density at radius 1 is 1.00 bits per heavy atom. The fourth-order valence-electron chi connectivity index (χ4n) is 4.69. The summed E-state index contributed by atoms with van der Waals surface area (Å²) in [6, 6.07) is 15.5. The van der Waals surface area contributed by atoms with Crippen molar-refractivity contribution in [3.8, 4) is 16.8 Å². The molecule has 10 nitrogen and oxygen atoms in total. The molecular formula is C30H32F3N5O5S. The average Bonchev–Trinajstić information content (AvgIpc) is 3.24. The van der Waals surface area contributed by atoms with E-state index in [4.69, 9.17) is 0 Å². The maximum atomic E-state index is 13.9. The van der Waals surface area contributed by atoms with Gasteiger partial charge in [0.05, 0.1) is 27.6 Å². The summed E-state index contributed by atoms with van der Waals surface area (Å²) in [4.78, 5) is 23.8. The van der Waals surface area contributed by atoms with Crippen molar-refractivity contribution in [1.29, 1.82) is 0 Å². The summed E-state index contributed by atoms with van der Waals surface area (Å²) >= 11 is 0. The zero-order valence-electron chi connectivity index (χ0n) is 24.6. The van der Waals surface area contributed by atoms with Gasteiger partial charge in [-0.2, -0.15) is 17.9 Å². The summed E-state index contributed by atoms with van der Waals surface area (Å²) in [5, 5.41) is 15.3. The third-order valence-electron chi connectivity index (χ3n) is 6.64. The second-order valence-corrected chi connectivity index (χ2v) is 13.0. The summed E-state index contributed by atoms with van der Waals surface area (Å²) in [7, 11) is -3.84. The van der Waals surface area contributed by atoms with Crippen LogP contribution < -0.4 is 10.4 Å². The highest BCUT2D eigenvalue weighted by atomic mass is 32.2. The lowest BCUT2D eigenvalue weighted by atomic mass is 10.0. The predicted octanol–water partition coefficient (Wildman–Crippen LogP) is 6.10. The van der Waals surface area contributed by atoms with Crippen LogP contribution in [0.15, 0.2) is 76.4 Å². The fourth-order valence-corrected chi connectivity index (χ4v) is 6.34. The lowest BCUT2D eigenvalue weighted by Crippen LogP contribution is -2.40. The number of unbranched alkanes of at least 4 members (excludes halogenated alkanes) is 1. The van der Waals surface area contributed by atoms with Gasteiger partial charge in [0.2, 0.25) is 10.0 Å². The zero-order valence-corrected chi connectivity index (χ0v) is 25.4. The molecular weight excluding hydrogens is 599 g/mol. The van der Waals surface area contributed by atoms with Gasteiger partial charge in [0, 0.05) is 29.7 Å². The van der Waals surface area contributed by atoms with Crippen LogP contribution in [0.1, 0.15) is 57.5 Å². The first-order chi connectivity index (χ1) is 20.5. The third-order valence-corrected chi connectivity index (χ3v) is 8.46. The topological polar surface area (TPSA) is 129 Å². The number of hydrogen-bond acceptors (Lipinski definition) is 6. The Hall–Kier alpha value is -4.30. The van der Waals surface area contributed by atoms with E-state index in [-0.39, 0.29) is 17.3 Å². The number of rotatable bonds is 10. The van der Waals surface area contributed by atoms with E-state index in [0.717, 1.165) is 18.6 Å². The number of benzene rings is 3. The van der Waals surface area contributed by atoms with Gasteiger partial charge in [-0.1, -0.05) is 55.8 Å². The highest BCUT2D eigenvalue weighted by molar-refractivity contribution is 7.89. The SMILES string of the molecule is CCCCc1nn(-c2ccc([N+](=O)[O-])cc2C(F)(F)F)c(=O)n1Cc1ccc(-c2ccccc2S(=O)(=O)NC(C)(C)C)cc1. The first-order valence-corrected chi connectivity index (χ1v) is 15.3. The maximum absolute atomic E-state index is 13.9. The second-order valence-electron chi connectivity index (χ2n) is 11.3. The summed E-state index contributed by atoms with van der Waals surface area (Å²) < 4.78 is 72.5. The van der Waals surface area contributed by atoms with Crippen LogP contribution in [0, 0.1) is 10.1 Å². The van der Waals surface area contributed by atoms with Crippen molar-refractivity contribution in [2.75, 3.05) is 0 Å². The van der Waals surface area contributed by atoms with E-state index in [1.54, 1.807) is 63.2 Å². The number of nitrogens with one attached hydrogen (secondary N) is 1. The number of hydrogen-bond donors (Lipinski definition) is 1. The van der Waals surface area contributed by atoms with E-state index in [2.05, 4.69) is 9.82 Å². The molecule has 1 N–H and O–H groups in total. The molecule has 0 aliphatic heterocycles. The second kappa shape index (κ2) is 12.4. The van der Waals surface area contributed by atoms with Gasteiger partial charge < -0.3 is 0 Å². The number of nitrogens with zero attached hydrogens (tertiary/aromatic N) is 4. The van der Waals surface area contributed by atoms with Crippen LogP contribution in [0.4, 0.5) is 18.9 Å². The molecule has 0 spiro atoms. The van der Waals surface area contributed by atoms with Gasteiger partial charge in [-0.25, -0.2) is 17.9 Å². The molecule has 234 valence electrons. The maximum Gasteiger partial charge on any atom is 0.418 e. The Labute approximate surface area is 252 Å². The number of aryl methyl sites for hydroxylation is 1. The number of halogens is 3. The Bertz CT molecular complexity index is 1840. The quantitative estimate of drug-likeness (QED) is 0.167. The van der Waals surface area contributed by atoms with Gasteiger partial charge in [0.1, 0.15) is 5.82 Å². The first kappa shape index (κ1) is 32.6. The van der Waals surface area contributed by atoms with E-state index in [0.29, 0.717) is 40.3 Å². The van der Waals surface area contributed by atoms with E-state index in [1.165, 1.54) is 10.6 Å². The molecule has 0 amide bonds. The summed E-state index contributed by atoms with van der Waals surface area (Å²) in [6.45, 7) is 7.13. The van der Waals surface area contributed by atoms with Crippen molar-refractivity contribution in [3.63, 3.8) is 0 Å². The summed E-state index contributed by atoms with van der Waals surface area (Å²) in [6.07, 6.45) is -3.30. The van der Waals surface area contributed by atoms with Gasteiger partial charge in [0.15, 0.2) is 0 Å². The van der Waals surface area contributed by atoms with Gasteiger partial charge in [-0.15, -0.1) is 5.10 Å². The van der Waals surface area contributed by atoms with Gasteiger partial charge in [-0.3, -0.25) is 14.7 Å². The summed E-state index contributed by atoms with van der Waals surface area (Å²) in [5.41, 5.74) is -2.53. The number of aromatic nitrogens is 3. The fraction of sp³-hybridized carbons (Fsp3) is 0.333. The zero-order chi connectivity index (χ0) is 32.4. The first-order valence-electron chi connectivity index (χ1n) is 13.8. The molecule has 1 aromatic heterocycles. The molecule has 0 aliphatic carbocycles. The molecule has 3 aromatic carbocycles. The lowest BCUT2D eigenvalue weighted by molar-refractivity contribution is -0.385. The van der Waals surface area contributed by atoms with Crippen molar-refractivity contribution in [2.24, 2.45) is 0 Å². The molecule has 0 atom stereocenters. The Morgan fingerprint density at radius 2 is 1.66 bits per heavy atom. The van der Waals surface area contributed by atoms with Crippen molar-refractivity contribution in [2.45, 2.75) is 70.1 Å². The minimum atomic E-state index is -4.98. The number of alkyl halides is 3. The summed E-state index contributed by atoms with van der Waals surface area (Å²) in [5.74, 6) is 0.261. The van der Waals surface area contributed by atoms with Crippen LogP contribution in [0.5, 0.6) is 0 Å². The van der Waals surface area contributed by atoms with E-state index in [1.807, 2.05) is 6.92 Å². The van der Waals surface area contributed by atoms with Crippen molar-refractivity contribution < 1.29 is 26.5 Å². The highest BCUT2D eigenvalue weighted by Gasteiger charge is 2.37. The molecule has 0 saturated heterocycles. The van der Waals surface area contributed by atoms with Crippen molar-refractivity contribution in [3.05, 3.63) is 104 Å². The number of nitro benzene ring substituents is 1. The smallest absolute Gasteiger partial charge is 0.274 e. The Kier molecular flexibility index (Phi) is 9.16. The van der Waals surface area contributed by atoms with Crippen LogP contribution in [-0.2, 0) is 29.2 Å². The minimum Gasteiger partial charge on any atom is -0.274 e. The van der Waals surface area contributed by atoms with Gasteiger partial charge >= 0.3 is 11.9 Å². The minimum absolute atomic E-state index is 0.0159. The van der Waals surface area contributed by atoms with Gasteiger partial charge in [0.25, 0.3) is 5.69 Å². The van der Waals surface area contributed by atoms with E-state index in [9.17, 15) is 36.5 Å². The molecule has 0 unspecified atom stereocenters. The molecule has 4 aromatic rings. The van der Waals surface area contributed by atoms with Crippen LogP contribution in [0.3, 0.4) is 0 Å². The van der Waals surface area contributed by atoms with Crippen LogP contribution in [-0.4, -0.2) is 33.2 Å². The van der Waals surface area contributed by atoms with Crippen molar-refractivity contribution in [1.82, 2.24) is 19.1 Å². The van der Waals surface area contributed by atoms with Crippen LogP contribution in [0.25, 0.3) is 16.8 Å². The van der Waals surface area contributed by atoms with E-state index < -0.39 is 49.3 Å². The van der Waals surface area contributed by atoms with Crippen LogP contribution >= 0.6 is 0 Å². The molecule has 14 heteroatoms. The predicted molar refractivity (Wildman–Crippen MR) is 159 cm³/mol. The number of non-ortho nitro benzene ring substituents is 1. The Balaban J connectivity index is 1.74. The molecule has 0 bridgehead atoms. The average molecular weight is 632 g/mol. The lowest BCUT2D eigenvalue weighted by Gasteiger charge is -2.21. The Morgan fingerprint density at radius 3 is 2.25 bits per heavy atom. The largest absolute Gasteiger partial charge is 0.418 e. The van der Waals surface area contributed by atoms with E-state index >= 15 is 0 Å². The van der Waals surface area contributed by atoms with Crippen molar-refractivity contribution >= 4 is 15.7 Å². The third kappa shape index (κ3) is 7.25. The number of nitro groups is 1. The number of sulfonamides is 1. The molecule has 0 aliphatic rings.